The molecule has 1 amide bonds. The number of ether oxygens (including phenoxy) is 1. The lowest BCUT2D eigenvalue weighted by atomic mass is 10.00. The zero-order valence-electron chi connectivity index (χ0n) is 22.8. The summed E-state index contributed by atoms with van der Waals surface area (Å²) in [5.41, 5.74) is 4.78. The summed E-state index contributed by atoms with van der Waals surface area (Å²) in [6.07, 6.45) is 3.59. The van der Waals surface area contributed by atoms with E-state index in [1.54, 1.807) is 29.3 Å². The minimum atomic E-state index is -4.09. The Balaban J connectivity index is 1.41. The van der Waals surface area contributed by atoms with Crippen LogP contribution in [0.4, 0.5) is 5.95 Å². The summed E-state index contributed by atoms with van der Waals surface area (Å²) in [5.74, 6) is -0.127. The van der Waals surface area contributed by atoms with Crippen LogP contribution in [0.25, 0.3) is 11.3 Å². The number of fused-ring (bicyclic) bond motifs is 5. The van der Waals surface area contributed by atoms with Gasteiger partial charge in [-0.25, -0.2) is 18.1 Å². The number of rotatable bonds is 3. The van der Waals surface area contributed by atoms with Gasteiger partial charge in [0, 0.05) is 55.8 Å². The van der Waals surface area contributed by atoms with Crippen molar-refractivity contribution in [1.82, 2.24) is 24.8 Å². The number of carbonyl (C=O) groups excluding carboxylic acids is 1. The minimum Gasteiger partial charge on any atom is -0.475 e. The van der Waals surface area contributed by atoms with Crippen LogP contribution >= 0.6 is 0 Å². The molecule has 1 fully saturated rings. The lowest BCUT2D eigenvalue weighted by Crippen LogP contribution is -2.57. The predicted octanol–water partition coefficient (Wildman–Crippen LogP) is 3.68. The number of hydrogen-bond acceptors (Lipinski definition) is 8. The van der Waals surface area contributed by atoms with Gasteiger partial charge in [-0.15, -0.1) is 0 Å². The summed E-state index contributed by atoms with van der Waals surface area (Å²) in [7, 11) is -4.09. The lowest BCUT2D eigenvalue weighted by molar-refractivity contribution is 0.0310. The highest BCUT2D eigenvalue weighted by atomic mass is 32.2. The van der Waals surface area contributed by atoms with Crippen molar-refractivity contribution in [2.24, 2.45) is 0 Å². The zero-order chi connectivity index (χ0) is 28.6. The number of amides is 1. The molecule has 4 bridgehead atoms. The molecule has 0 aliphatic carbocycles. The van der Waals surface area contributed by atoms with Crippen molar-refractivity contribution >= 4 is 21.9 Å². The summed E-state index contributed by atoms with van der Waals surface area (Å²) >= 11 is 0. The van der Waals surface area contributed by atoms with Crippen LogP contribution < -0.4 is 9.46 Å². The van der Waals surface area contributed by atoms with Gasteiger partial charge in [0.2, 0.25) is 11.8 Å². The topological polar surface area (TPSA) is 118 Å². The molecule has 2 aliphatic rings. The molecule has 1 saturated heterocycles. The quantitative estimate of drug-likeness (QED) is 0.397. The molecule has 11 heteroatoms. The Morgan fingerprint density at radius 2 is 1.80 bits per heavy atom. The number of hydrogen-bond donors (Lipinski definition) is 1. The lowest BCUT2D eigenvalue weighted by Gasteiger charge is -2.41. The summed E-state index contributed by atoms with van der Waals surface area (Å²) in [4.78, 5) is 30.9. The fraction of sp³-hybridized carbons (Fsp3) is 0.267. The molecule has 1 N–H and O–H groups in total. The molecule has 0 spiro atoms. The second kappa shape index (κ2) is 10.9. The number of aryl methyl sites for hydroxylation is 2. The van der Waals surface area contributed by atoms with Gasteiger partial charge in [0.15, 0.2) is 0 Å². The smallest absolute Gasteiger partial charge is 0.264 e. The van der Waals surface area contributed by atoms with Crippen molar-refractivity contribution in [3.8, 4) is 17.1 Å². The second-order valence-electron chi connectivity index (χ2n) is 10.4. The van der Waals surface area contributed by atoms with Gasteiger partial charge in [0.05, 0.1) is 16.6 Å². The van der Waals surface area contributed by atoms with Crippen LogP contribution in [0.3, 0.4) is 0 Å². The van der Waals surface area contributed by atoms with E-state index >= 15 is 0 Å². The number of carbonyl (C=O) groups is 1. The molecule has 1 atom stereocenters. The first-order valence-corrected chi connectivity index (χ1v) is 14.9. The zero-order valence-corrected chi connectivity index (χ0v) is 23.6. The summed E-state index contributed by atoms with van der Waals surface area (Å²) in [6.45, 7) is 6.51. The highest BCUT2D eigenvalue weighted by molar-refractivity contribution is 7.92. The van der Waals surface area contributed by atoms with Gasteiger partial charge in [-0.1, -0.05) is 30.3 Å². The molecule has 210 valence electrons. The number of anilines is 1. The van der Waals surface area contributed by atoms with E-state index < -0.39 is 10.0 Å². The summed E-state index contributed by atoms with van der Waals surface area (Å²) < 4.78 is 35.5. The molecule has 41 heavy (non-hydrogen) atoms. The summed E-state index contributed by atoms with van der Waals surface area (Å²) in [5, 5.41) is 0. The number of aromatic nitrogens is 3. The molecule has 0 unspecified atom stereocenters. The Hall–Kier alpha value is -4.35. The van der Waals surface area contributed by atoms with E-state index in [0.717, 1.165) is 22.3 Å². The fourth-order valence-corrected chi connectivity index (χ4v) is 6.43. The molecule has 0 saturated carbocycles. The van der Waals surface area contributed by atoms with Crippen molar-refractivity contribution in [3.63, 3.8) is 0 Å². The molecule has 2 aliphatic heterocycles. The van der Waals surface area contributed by atoms with E-state index in [-0.39, 0.29) is 35.3 Å². The first kappa shape index (κ1) is 26.9. The molecule has 4 heterocycles. The van der Waals surface area contributed by atoms with Gasteiger partial charge in [0.1, 0.15) is 6.61 Å². The molecule has 2 aromatic carbocycles. The monoisotopic (exact) mass is 570 g/mol. The van der Waals surface area contributed by atoms with Crippen molar-refractivity contribution < 1.29 is 17.9 Å². The normalized spacial score (nSPS) is 18.6. The number of sulfonamides is 1. The molecule has 0 radical (unpaired) electrons. The molecule has 2 aromatic heterocycles. The van der Waals surface area contributed by atoms with Crippen LogP contribution in [0.5, 0.6) is 5.88 Å². The van der Waals surface area contributed by atoms with Crippen molar-refractivity contribution in [2.75, 3.05) is 31.0 Å². The van der Waals surface area contributed by atoms with E-state index in [9.17, 15) is 13.2 Å². The first-order chi connectivity index (χ1) is 19.8. The second-order valence-corrected chi connectivity index (χ2v) is 12.1. The van der Waals surface area contributed by atoms with Crippen LogP contribution in [0.1, 0.15) is 27.0 Å². The van der Waals surface area contributed by atoms with Crippen LogP contribution in [-0.2, 0) is 16.6 Å². The molecular weight excluding hydrogens is 540 g/mol. The average molecular weight is 571 g/mol. The fourth-order valence-electron chi connectivity index (χ4n) is 5.44. The number of pyridine rings is 1. The highest BCUT2D eigenvalue weighted by Gasteiger charge is 2.33. The van der Waals surface area contributed by atoms with Crippen molar-refractivity contribution in [2.45, 2.75) is 31.3 Å². The van der Waals surface area contributed by atoms with Crippen LogP contribution in [0.2, 0.25) is 0 Å². The van der Waals surface area contributed by atoms with Crippen LogP contribution in [0.15, 0.2) is 78.0 Å². The number of benzene rings is 2. The van der Waals surface area contributed by atoms with Crippen LogP contribution in [0, 0.1) is 13.8 Å². The van der Waals surface area contributed by atoms with Gasteiger partial charge in [0.25, 0.3) is 15.9 Å². The Labute approximate surface area is 239 Å². The van der Waals surface area contributed by atoms with Gasteiger partial charge >= 0.3 is 0 Å². The number of nitrogens with one attached hydrogen (secondary N) is 1. The minimum absolute atomic E-state index is 0.0436. The maximum absolute atomic E-state index is 13.7. The standard InChI is InChI=1S/C30H30N6O4S/c1-20-6-3-7-21(2)28(20)26-15-27-33-30(32-26)34-41(38,39)25-10-4-9-23(14-25)29(37)36-13-12-35(18-24(36)19-40-27)17-22-8-5-11-31-16-22/h3-11,14-16,24H,12-13,17-19H2,1-2H3,(H,32,33,34)/t24-/m1/s1. The molecule has 10 nitrogen and oxygen atoms in total. The van der Waals surface area contributed by atoms with Crippen molar-refractivity contribution in [1.29, 1.82) is 0 Å². The SMILES string of the molecule is Cc1cccc(C)c1-c1cc2nc(n1)NS(=O)(=O)c1cccc(c1)C(=O)N1CCN(Cc3cccnc3)C[C@@H]1CO2. The maximum atomic E-state index is 13.7. The number of nitrogens with zero attached hydrogens (tertiary/aromatic N) is 5. The van der Waals surface area contributed by atoms with E-state index in [1.807, 2.05) is 50.4 Å². The third kappa shape index (κ3) is 5.63. The third-order valence-electron chi connectivity index (χ3n) is 7.44. The van der Waals surface area contributed by atoms with E-state index in [1.165, 1.54) is 12.1 Å². The first-order valence-electron chi connectivity index (χ1n) is 13.4. The van der Waals surface area contributed by atoms with Crippen LogP contribution in [-0.4, -0.2) is 71.4 Å². The third-order valence-corrected chi connectivity index (χ3v) is 8.76. The Bertz CT molecular complexity index is 1690. The highest BCUT2D eigenvalue weighted by Crippen LogP contribution is 2.30. The predicted molar refractivity (Wildman–Crippen MR) is 154 cm³/mol. The van der Waals surface area contributed by atoms with E-state index in [0.29, 0.717) is 37.4 Å². The molecular formula is C30H30N6O4S. The maximum Gasteiger partial charge on any atom is 0.264 e. The average Bonchev–Trinajstić information content (AvgIpc) is 2.96. The Morgan fingerprint density at radius 3 is 2.59 bits per heavy atom. The number of piperazine rings is 1. The van der Waals surface area contributed by atoms with Crippen molar-refractivity contribution in [3.05, 3.63) is 95.3 Å². The Kier molecular flexibility index (Phi) is 7.14. The van der Waals surface area contributed by atoms with Gasteiger partial charge < -0.3 is 9.64 Å². The van der Waals surface area contributed by atoms with Gasteiger partial charge in [-0.05, 0) is 54.8 Å². The van der Waals surface area contributed by atoms with Gasteiger partial charge in [-0.2, -0.15) is 4.98 Å². The van der Waals surface area contributed by atoms with Gasteiger partial charge in [-0.3, -0.25) is 14.7 Å². The molecule has 6 rings (SSSR count). The van der Waals surface area contributed by atoms with E-state index in [4.69, 9.17) is 4.74 Å². The largest absolute Gasteiger partial charge is 0.475 e. The summed E-state index contributed by atoms with van der Waals surface area (Å²) in [6, 6.07) is 17.3. The molecule has 4 aromatic rings. The Morgan fingerprint density at radius 1 is 1.00 bits per heavy atom. The van der Waals surface area contributed by atoms with E-state index in [2.05, 4.69) is 24.6 Å².